The van der Waals surface area contributed by atoms with Gasteiger partial charge in [0.1, 0.15) is 0 Å². The summed E-state index contributed by atoms with van der Waals surface area (Å²) in [6.07, 6.45) is 0.522. The first kappa shape index (κ1) is 14.2. The van der Waals surface area contributed by atoms with E-state index in [1.54, 1.807) is 25.1 Å². The third kappa shape index (κ3) is 3.52. The van der Waals surface area contributed by atoms with Gasteiger partial charge < -0.3 is 5.11 Å². The Kier molecular flexibility index (Phi) is 4.30. The van der Waals surface area contributed by atoms with E-state index in [-0.39, 0.29) is 11.5 Å². The van der Waals surface area contributed by atoms with Crippen LogP contribution in [0.4, 0.5) is 0 Å². The van der Waals surface area contributed by atoms with Gasteiger partial charge in [0.2, 0.25) is 10.0 Å². The van der Waals surface area contributed by atoms with Gasteiger partial charge in [0.05, 0.1) is 17.0 Å². The van der Waals surface area contributed by atoms with E-state index in [9.17, 15) is 13.5 Å². The van der Waals surface area contributed by atoms with Crippen LogP contribution in [0.3, 0.4) is 0 Å². The number of aliphatic hydroxyl groups excluding tert-OH is 1. The lowest BCUT2D eigenvalue weighted by Gasteiger charge is -2.26. The first-order chi connectivity index (χ1) is 7.83. The predicted molar refractivity (Wildman–Crippen MR) is 67.3 cm³/mol. The number of aliphatic hydroxyl groups is 1. The molecular weight excluding hydrogens is 238 g/mol. The van der Waals surface area contributed by atoms with Gasteiger partial charge in [0.25, 0.3) is 0 Å². The highest BCUT2D eigenvalue weighted by Gasteiger charge is 2.28. The second kappa shape index (κ2) is 5.16. The quantitative estimate of drug-likeness (QED) is 0.838. The van der Waals surface area contributed by atoms with Crippen LogP contribution in [0.2, 0.25) is 0 Å². The van der Waals surface area contributed by atoms with E-state index in [1.807, 2.05) is 19.9 Å². The standard InChI is InChI=1S/C12H19NO3S/c1-4-12(3,9-14)13-17(15,16)11-7-5-6-10(2)8-11/h5-8,13-14H,4,9H2,1-3H3. The molecule has 1 atom stereocenters. The summed E-state index contributed by atoms with van der Waals surface area (Å²) in [4.78, 5) is 0.227. The SMILES string of the molecule is CCC(C)(CO)NS(=O)(=O)c1cccc(C)c1. The highest BCUT2D eigenvalue weighted by Crippen LogP contribution is 2.16. The van der Waals surface area contributed by atoms with E-state index in [1.165, 1.54) is 0 Å². The van der Waals surface area contributed by atoms with Crippen LogP contribution in [0.25, 0.3) is 0 Å². The van der Waals surface area contributed by atoms with Gasteiger partial charge in [0.15, 0.2) is 0 Å². The molecule has 0 amide bonds. The molecule has 0 radical (unpaired) electrons. The summed E-state index contributed by atoms with van der Waals surface area (Å²) < 4.78 is 26.7. The maximum Gasteiger partial charge on any atom is 0.241 e. The van der Waals surface area contributed by atoms with Crippen molar-refractivity contribution in [3.63, 3.8) is 0 Å². The van der Waals surface area contributed by atoms with Crippen LogP contribution in [0.1, 0.15) is 25.8 Å². The van der Waals surface area contributed by atoms with E-state index in [4.69, 9.17) is 0 Å². The van der Waals surface area contributed by atoms with Gasteiger partial charge in [-0.3, -0.25) is 0 Å². The second-order valence-electron chi connectivity index (χ2n) is 4.49. The minimum absolute atomic E-state index is 0.227. The normalized spacial score (nSPS) is 15.5. The molecule has 1 rings (SSSR count). The van der Waals surface area contributed by atoms with E-state index >= 15 is 0 Å². The molecule has 5 heteroatoms. The molecule has 0 saturated heterocycles. The average molecular weight is 257 g/mol. The monoisotopic (exact) mass is 257 g/mol. The fourth-order valence-corrected chi connectivity index (χ4v) is 2.96. The second-order valence-corrected chi connectivity index (χ2v) is 6.18. The molecule has 0 aliphatic heterocycles. The zero-order valence-electron chi connectivity index (χ0n) is 10.4. The molecule has 0 bridgehead atoms. The third-order valence-corrected chi connectivity index (χ3v) is 4.45. The summed E-state index contributed by atoms with van der Waals surface area (Å²) in [5.41, 5.74) is 0.0674. The summed E-state index contributed by atoms with van der Waals surface area (Å²) in [6, 6.07) is 6.69. The maximum absolute atomic E-state index is 12.1. The summed E-state index contributed by atoms with van der Waals surface area (Å²) in [7, 11) is -3.57. The fraction of sp³-hybridized carbons (Fsp3) is 0.500. The molecule has 0 aliphatic carbocycles. The van der Waals surface area contributed by atoms with Gasteiger partial charge in [0, 0.05) is 0 Å². The molecule has 0 saturated carbocycles. The fourth-order valence-electron chi connectivity index (χ4n) is 1.38. The van der Waals surface area contributed by atoms with Crippen LogP contribution in [-0.2, 0) is 10.0 Å². The Morgan fingerprint density at radius 1 is 1.41 bits per heavy atom. The van der Waals surface area contributed by atoms with Gasteiger partial charge in [-0.2, -0.15) is 0 Å². The number of hydrogen-bond donors (Lipinski definition) is 2. The molecule has 17 heavy (non-hydrogen) atoms. The van der Waals surface area contributed by atoms with Crippen LogP contribution >= 0.6 is 0 Å². The number of rotatable bonds is 5. The Morgan fingerprint density at radius 3 is 2.53 bits per heavy atom. The van der Waals surface area contributed by atoms with Crippen molar-refractivity contribution in [1.29, 1.82) is 0 Å². The molecule has 2 N–H and O–H groups in total. The Morgan fingerprint density at radius 2 is 2.06 bits per heavy atom. The van der Waals surface area contributed by atoms with Gasteiger partial charge in [-0.25, -0.2) is 13.1 Å². The molecule has 96 valence electrons. The average Bonchev–Trinajstić information content (AvgIpc) is 2.28. The molecule has 1 unspecified atom stereocenters. The van der Waals surface area contributed by atoms with Crippen molar-refractivity contribution in [1.82, 2.24) is 4.72 Å². The summed E-state index contributed by atoms with van der Waals surface area (Å²) in [5, 5.41) is 9.22. The Labute approximate surface area is 103 Å². The van der Waals surface area contributed by atoms with Gasteiger partial charge in [-0.1, -0.05) is 19.1 Å². The van der Waals surface area contributed by atoms with Crippen LogP contribution < -0.4 is 4.72 Å². The maximum atomic E-state index is 12.1. The predicted octanol–water partition coefficient (Wildman–Crippen LogP) is 1.43. The van der Waals surface area contributed by atoms with E-state index < -0.39 is 15.6 Å². The minimum atomic E-state index is -3.57. The van der Waals surface area contributed by atoms with Crippen molar-refractivity contribution >= 4 is 10.0 Å². The van der Waals surface area contributed by atoms with Gasteiger partial charge >= 0.3 is 0 Å². The van der Waals surface area contributed by atoms with Crippen molar-refractivity contribution in [3.05, 3.63) is 29.8 Å². The zero-order chi connectivity index (χ0) is 13.1. The molecule has 0 fully saturated rings. The van der Waals surface area contributed by atoms with Crippen molar-refractivity contribution < 1.29 is 13.5 Å². The van der Waals surface area contributed by atoms with Gasteiger partial charge in [-0.15, -0.1) is 0 Å². The highest BCUT2D eigenvalue weighted by molar-refractivity contribution is 7.89. The van der Waals surface area contributed by atoms with Crippen LogP contribution in [0.5, 0.6) is 0 Å². The largest absolute Gasteiger partial charge is 0.394 e. The minimum Gasteiger partial charge on any atom is -0.394 e. The third-order valence-electron chi connectivity index (χ3n) is 2.81. The Hall–Kier alpha value is -0.910. The molecular formula is C12H19NO3S. The van der Waals surface area contributed by atoms with Gasteiger partial charge in [-0.05, 0) is 38.0 Å². The molecule has 4 nitrogen and oxygen atoms in total. The van der Waals surface area contributed by atoms with Crippen molar-refractivity contribution in [2.45, 2.75) is 37.6 Å². The lowest BCUT2D eigenvalue weighted by molar-refractivity contribution is 0.191. The van der Waals surface area contributed by atoms with Crippen LogP contribution in [-0.4, -0.2) is 25.7 Å². The van der Waals surface area contributed by atoms with Crippen LogP contribution in [0, 0.1) is 6.92 Å². The number of hydrogen-bond acceptors (Lipinski definition) is 3. The molecule has 0 heterocycles. The molecule has 0 aliphatic rings. The van der Waals surface area contributed by atoms with E-state index in [0.717, 1.165) is 5.56 Å². The Balaban J connectivity index is 3.05. The lowest BCUT2D eigenvalue weighted by Crippen LogP contribution is -2.48. The summed E-state index contributed by atoms with van der Waals surface area (Å²) in [6.45, 7) is 5.12. The van der Waals surface area contributed by atoms with Crippen molar-refractivity contribution in [3.8, 4) is 0 Å². The summed E-state index contributed by atoms with van der Waals surface area (Å²) >= 11 is 0. The smallest absolute Gasteiger partial charge is 0.241 e. The van der Waals surface area contributed by atoms with Crippen molar-refractivity contribution in [2.75, 3.05) is 6.61 Å². The number of sulfonamides is 1. The van der Waals surface area contributed by atoms with E-state index in [0.29, 0.717) is 6.42 Å². The number of aryl methyl sites for hydroxylation is 1. The number of nitrogens with one attached hydrogen (secondary N) is 1. The first-order valence-corrected chi connectivity index (χ1v) is 7.03. The molecule has 1 aromatic rings. The first-order valence-electron chi connectivity index (χ1n) is 5.54. The molecule has 1 aromatic carbocycles. The summed E-state index contributed by atoms with van der Waals surface area (Å²) in [5.74, 6) is 0. The highest BCUT2D eigenvalue weighted by atomic mass is 32.2. The lowest BCUT2D eigenvalue weighted by atomic mass is 10.0. The molecule has 0 aromatic heterocycles. The van der Waals surface area contributed by atoms with E-state index in [2.05, 4.69) is 4.72 Å². The zero-order valence-corrected chi connectivity index (χ0v) is 11.2. The topological polar surface area (TPSA) is 66.4 Å². The molecule has 0 spiro atoms. The number of benzene rings is 1. The van der Waals surface area contributed by atoms with Crippen molar-refractivity contribution in [2.24, 2.45) is 0 Å². The Bertz CT molecular complexity index is 478. The van der Waals surface area contributed by atoms with Crippen LogP contribution in [0.15, 0.2) is 29.2 Å².